The van der Waals surface area contributed by atoms with Crippen LogP contribution in [0.2, 0.25) is 0 Å². The molecular formula is C107H165NO38. The number of hydrogen-bond donors (Lipinski definition) is 9. The molecule has 6 aliphatic rings. The van der Waals surface area contributed by atoms with Crippen LogP contribution in [0.3, 0.4) is 0 Å². The first-order valence-electron chi connectivity index (χ1n) is 51.6. The van der Waals surface area contributed by atoms with E-state index in [9.17, 15) is 74.4 Å². The van der Waals surface area contributed by atoms with E-state index in [1.807, 2.05) is 69.3 Å². The Kier molecular flexibility index (Phi) is 57.7. The van der Waals surface area contributed by atoms with E-state index in [2.05, 4.69) is 45.8 Å². The molecule has 0 spiro atoms. The van der Waals surface area contributed by atoms with Gasteiger partial charge in [0.15, 0.2) is 25.2 Å². The standard InChI is InChI=1S/C41H57NO13.C34H52O10.C32H56O15/c1-6-32(51-27(5)43)21-31(45)22-35-24-37(25-36-23-33(7-2)52-39(54-36)28-9-13-30(44)14-10-28)55-40(53-35)29-11-15-34(16-12-29)48-18-8-19-50-41(47)42-17-20-49-38(46)26(3)4;1-6-11-33-41-27(8-3)20-30(42-33)22-31-21-29(19-25(36)18-26(7-2)40-23(5)35)43-34(44-31)24-12-14-28(15-13-24)38-16-10-17-39-32(37)9-4;1-7-23-30(37)29(36)22(25(46-23)16-42-12-20(5)45-27(34)9-8-10-44-32(39)18(2)3)14-43-17-26-31(38)28(35)21(13-40-6)24(47-26)15-41-11-19(4)33/h9-16,31-33,35-37,39-40,44-45H,3,6-8,17-25H2,1-2,4-5H3,(H,42,47);9,12-15,25-27,29-31,33-34,36H,4,6-8,10-11,16-22H2,1-3,5H3;19-26,28-31,33,35-38H,2,7-17H2,1,3-6H3. The Morgan fingerprint density at radius 1 is 0.459 bits per heavy atom. The Morgan fingerprint density at radius 2 is 0.884 bits per heavy atom. The van der Waals surface area contributed by atoms with Crippen molar-refractivity contribution >= 4 is 41.9 Å². The van der Waals surface area contributed by atoms with Gasteiger partial charge in [0, 0.05) is 137 Å². The second kappa shape index (κ2) is 67.7. The highest BCUT2D eigenvalue weighted by molar-refractivity contribution is 5.87. The lowest BCUT2D eigenvalue weighted by Crippen LogP contribution is -2.59. The van der Waals surface area contributed by atoms with E-state index in [1.54, 1.807) is 45.0 Å². The molecule has 9 N–H and O–H groups in total. The molecule has 826 valence electrons. The maximum Gasteiger partial charge on any atom is 0.407 e. The van der Waals surface area contributed by atoms with E-state index in [-0.39, 0.29) is 176 Å². The molecule has 39 heteroatoms. The van der Waals surface area contributed by atoms with Crippen LogP contribution in [0.5, 0.6) is 17.2 Å². The molecule has 6 saturated heterocycles. The molecule has 6 fully saturated rings. The van der Waals surface area contributed by atoms with E-state index in [0.29, 0.717) is 121 Å². The number of carbonyl (C=O) groups is 7. The van der Waals surface area contributed by atoms with Crippen molar-refractivity contribution in [2.75, 3.05) is 99.5 Å². The van der Waals surface area contributed by atoms with Crippen LogP contribution in [-0.4, -0.2) is 323 Å². The van der Waals surface area contributed by atoms with Crippen molar-refractivity contribution in [3.05, 3.63) is 126 Å². The Labute approximate surface area is 859 Å². The minimum Gasteiger partial charge on any atom is -0.508 e. The van der Waals surface area contributed by atoms with E-state index in [1.165, 1.54) is 27.9 Å². The molecule has 28 atom stereocenters. The molecule has 6 aliphatic heterocycles. The van der Waals surface area contributed by atoms with Gasteiger partial charge in [-0.3, -0.25) is 14.4 Å². The van der Waals surface area contributed by atoms with Crippen LogP contribution < -0.4 is 14.8 Å². The van der Waals surface area contributed by atoms with E-state index in [4.69, 9.17) is 109 Å². The summed E-state index contributed by atoms with van der Waals surface area (Å²) in [4.78, 5) is 81.0. The molecule has 0 bridgehead atoms. The second-order valence-corrected chi connectivity index (χ2v) is 37.9. The third kappa shape index (κ3) is 45.8. The third-order valence-electron chi connectivity index (χ3n) is 25.1. The van der Waals surface area contributed by atoms with Gasteiger partial charge in [0.1, 0.15) is 60.5 Å². The summed E-state index contributed by atoms with van der Waals surface area (Å²) < 4.78 is 133. The summed E-state index contributed by atoms with van der Waals surface area (Å²) in [5.41, 5.74) is 3.00. The van der Waals surface area contributed by atoms with Gasteiger partial charge >= 0.3 is 41.9 Å². The molecule has 3 aromatic rings. The highest BCUT2D eigenvalue weighted by Gasteiger charge is 2.48. The molecule has 146 heavy (non-hydrogen) atoms. The monoisotopic (exact) mass is 2070 g/mol. The van der Waals surface area contributed by atoms with Gasteiger partial charge in [-0.15, -0.1) is 0 Å². The summed E-state index contributed by atoms with van der Waals surface area (Å²) in [6.45, 7) is 32.8. The van der Waals surface area contributed by atoms with E-state index in [0.717, 1.165) is 54.9 Å². The zero-order valence-corrected chi connectivity index (χ0v) is 87.4. The van der Waals surface area contributed by atoms with Crippen LogP contribution >= 0.6 is 0 Å². The fourth-order valence-corrected chi connectivity index (χ4v) is 17.5. The first-order valence-corrected chi connectivity index (χ1v) is 51.6. The van der Waals surface area contributed by atoms with Gasteiger partial charge in [0.2, 0.25) is 0 Å². The van der Waals surface area contributed by atoms with Crippen LogP contribution in [0.4, 0.5) is 4.79 Å². The van der Waals surface area contributed by atoms with Gasteiger partial charge in [0.25, 0.3) is 0 Å². The van der Waals surface area contributed by atoms with Crippen molar-refractivity contribution in [1.82, 2.24) is 5.32 Å². The van der Waals surface area contributed by atoms with Gasteiger partial charge in [0.05, 0.1) is 183 Å². The van der Waals surface area contributed by atoms with Gasteiger partial charge in [-0.1, -0.05) is 104 Å². The number of aliphatic hydroxyl groups excluding tert-OH is 7. The number of phenols is 1. The number of rotatable bonds is 59. The Hall–Kier alpha value is -8.47. The molecule has 9 rings (SSSR count). The molecule has 1 amide bonds. The van der Waals surface area contributed by atoms with Gasteiger partial charge in [-0.05, 0) is 122 Å². The Balaban J connectivity index is 0.000000299. The number of amides is 1. The number of methoxy groups -OCH3 is 1. The predicted octanol–water partition coefficient (Wildman–Crippen LogP) is 11.8. The number of aromatic hydroxyl groups is 1. The minimum atomic E-state index is -1.29. The fourth-order valence-electron chi connectivity index (χ4n) is 17.5. The highest BCUT2D eigenvalue weighted by atomic mass is 16.7. The molecule has 0 aliphatic carbocycles. The normalized spacial score (nSPS) is 27.3. The van der Waals surface area contributed by atoms with Crippen LogP contribution in [0, 0.1) is 11.8 Å². The summed E-state index contributed by atoms with van der Waals surface area (Å²) in [5, 5.41) is 87.0. The Morgan fingerprint density at radius 3 is 1.35 bits per heavy atom. The number of hydrogen-bond acceptors (Lipinski definition) is 38. The number of ether oxygens (including phenoxy) is 23. The van der Waals surface area contributed by atoms with Gasteiger partial charge in [-0.25, -0.2) is 19.2 Å². The third-order valence-corrected chi connectivity index (χ3v) is 25.1. The van der Waals surface area contributed by atoms with Crippen LogP contribution in [0.15, 0.2) is 110 Å². The van der Waals surface area contributed by atoms with Crippen molar-refractivity contribution < 1.29 is 183 Å². The van der Waals surface area contributed by atoms with Gasteiger partial charge < -0.3 is 155 Å². The molecule has 0 aromatic heterocycles. The van der Waals surface area contributed by atoms with Crippen LogP contribution in [-0.2, 0) is 128 Å². The Bertz CT molecular complexity index is 4260. The summed E-state index contributed by atoms with van der Waals surface area (Å²) >= 11 is 0. The first-order chi connectivity index (χ1) is 69.9. The van der Waals surface area contributed by atoms with Crippen LogP contribution in [0.25, 0.3) is 0 Å². The number of carbonyl (C=O) groups excluding carboxylic acids is 7. The van der Waals surface area contributed by atoms with Crippen molar-refractivity contribution in [1.29, 1.82) is 0 Å². The molecule has 28 unspecified atom stereocenters. The number of benzene rings is 3. The summed E-state index contributed by atoms with van der Waals surface area (Å²) in [7, 11) is 1.47. The van der Waals surface area contributed by atoms with Crippen molar-refractivity contribution in [3.8, 4) is 17.2 Å². The average Bonchev–Trinajstić information content (AvgIpc) is 0.827. The van der Waals surface area contributed by atoms with E-state index < -0.39 is 140 Å². The molecule has 0 radical (unpaired) electrons. The quantitative estimate of drug-likeness (QED) is 0.0110. The first kappa shape index (κ1) is 124. The maximum absolute atomic E-state index is 12.1. The topological polar surface area (TPSA) is 506 Å². The maximum atomic E-state index is 12.1. The second-order valence-electron chi connectivity index (χ2n) is 37.9. The van der Waals surface area contributed by atoms with Crippen molar-refractivity contribution in [2.45, 2.75) is 377 Å². The van der Waals surface area contributed by atoms with Gasteiger partial charge in [-0.2, -0.15) is 0 Å². The summed E-state index contributed by atoms with van der Waals surface area (Å²) in [6.07, 6.45) is -1.87. The number of phenolic OH excluding ortho intramolecular Hbond substituents is 1. The summed E-state index contributed by atoms with van der Waals surface area (Å²) in [6, 6.07) is 21.7. The molecule has 6 heterocycles. The smallest absolute Gasteiger partial charge is 0.407 e. The molecule has 3 aromatic carbocycles. The SMILES string of the molecule is C=C(C)C(=O)OCCCC(=O)OC(C)COCC1OC(CC)C(O)C(O)C1COCC1OC(COCC(C)O)C(COC)C(O)C1O.C=C(C)C(=O)OCCNC(=O)OCCCOc1ccc(C2OC(CC(O)CC(CC)OC(C)=O)CC(CC3CC(CC)OC(c4ccc(O)cc4)O3)O2)cc1.C=CC(=O)OCCCOc1ccc(C2OC(CC(O)CC(CC)OC(C)=O)CC(CC3CC(CC)OC(CCC)O3)O2)cc1. The van der Waals surface area contributed by atoms with Crippen molar-refractivity contribution in [2.24, 2.45) is 11.8 Å². The van der Waals surface area contributed by atoms with Crippen LogP contribution in [0.1, 0.15) is 253 Å². The lowest BCUT2D eigenvalue weighted by Gasteiger charge is -2.44. The zero-order chi connectivity index (χ0) is 107. The number of nitrogens with one attached hydrogen (secondary N) is 1. The fraction of sp³-hybridized carbons (Fsp3) is 0.710. The lowest BCUT2D eigenvalue weighted by atomic mass is 9.86. The molecule has 39 nitrogen and oxygen atoms in total. The molecule has 0 saturated carbocycles. The average molecular weight is 2070 g/mol. The molecular weight excluding hydrogens is 1910 g/mol. The lowest BCUT2D eigenvalue weighted by molar-refractivity contribution is -0.279. The number of esters is 6. The number of alkyl carbamates (subject to hydrolysis) is 1. The zero-order valence-electron chi connectivity index (χ0n) is 87.4. The minimum absolute atomic E-state index is 0.00883. The summed E-state index contributed by atoms with van der Waals surface area (Å²) in [5.74, 6) is -2.52. The van der Waals surface area contributed by atoms with E-state index >= 15 is 0 Å². The predicted molar refractivity (Wildman–Crippen MR) is 529 cm³/mol. The largest absolute Gasteiger partial charge is 0.508 e. The highest BCUT2D eigenvalue weighted by Crippen LogP contribution is 2.42. The van der Waals surface area contributed by atoms with Crippen molar-refractivity contribution in [3.63, 3.8) is 0 Å². The number of aliphatic hydroxyl groups is 7.